The van der Waals surface area contributed by atoms with E-state index >= 15 is 0 Å². The van der Waals surface area contributed by atoms with Gasteiger partial charge in [0.05, 0.1) is 13.5 Å². The summed E-state index contributed by atoms with van der Waals surface area (Å²) in [6, 6.07) is 0. The van der Waals surface area contributed by atoms with Crippen LogP contribution in [0, 0.1) is 0 Å². The van der Waals surface area contributed by atoms with E-state index in [1.165, 1.54) is 12.0 Å². The fraction of sp³-hybridized carbons (Fsp3) is 0.786. The van der Waals surface area contributed by atoms with Gasteiger partial charge in [-0.3, -0.25) is 24.2 Å². The first-order chi connectivity index (χ1) is 10.1. The second-order valence-electron chi connectivity index (χ2n) is 5.45. The predicted octanol–water partition coefficient (Wildman–Crippen LogP) is -0.684. The van der Waals surface area contributed by atoms with Crippen molar-refractivity contribution in [3.8, 4) is 0 Å². The number of likely N-dealkylation sites (tertiary alicyclic amines) is 1. The number of imide groups is 1. The molecule has 21 heavy (non-hydrogen) atoms. The number of piperazine rings is 1. The van der Waals surface area contributed by atoms with Gasteiger partial charge >= 0.3 is 5.97 Å². The minimum absolute atomic E-state index is 0.0447. The van der Waals surface area contributed by atoms with Gasteiger partial charge in [-0.05, 0) is 0 Å². The molecular formula is C14H23N3O4. The number of methoxy groups -OCH3 is 1. The second kappa shape index (κ2) is 7.51. The Balaban J connectivity index is 1.64. The molecule has 0 aliphatic carbocycles. The van der Waals surface area contributed by atoms with Crippen LogP contribution >= 0.6 is 0 Å². The summed E-state index contributed by atoms with van der Waals surface area (Å²) in [6.07, 6.45) is 1.15. The maximum atomic E-state index is 11.5. The summed E-state index contributed by atoms with van der Waals surface area (Å²) in [5, 5.41) is 0. The van der Waals surface area contributed by atoms with Crippen molar-refractivity contribution in [2.75, 3.05) is 52.9 Å². The van der Waals surface area contributed by atoms with Crippen molar-refractivity contribution in [1.82, 2.24) is 14.7 Å². The third-order valence-electron chi connectivity index (χ3n) is 4.12. The normalized spacial score (nSPS) is 21.1. The maximum Gasteiger partial charge on any atom is 0.306 e. The first kappa shape index (κ1) is 15.9. The van der Waals surface area contributed by atoms with E-state index in [9.17, 15) is 14.4 Å². The van der Waals surface area contributed by atoms with Crippen LogP contribution in [0.2, 0.25) is 0 Å². The number of amides is 2. The maximum absolute atomic E-state index is 11.5. The van der Waals surface area contributed by atoms with Crippen LogP contribution in [-0.2, 0) is 19.1 Å². The van der Waals surface area contributed by atoms with Gasteiger partial charge in [-0.25, -0.2) is 0 Å². The summed E-state index contributed by atoms with van der Waals surface area (Å²) < 4.78 is 4.63. The quantitative estimate of drug-likeness (QED) is 0.478. The van der Waals surface area contributed by atoms with Crippen LogP contribution in [0.15, 0.2) is 0 Å². The molecule has 2 rings (SSSR count). The summed E-state index contributed by atoms with van der Waals surface area (Å²) in [5.41, 5.74) is 0. The molecule has 0 aromatic carbocycles. The van der Waals surface area contributed by atoms with Crippen LogP contribution in [0.5, 0.6) is 0 Å². The molecule has 2 fully saturated rings. The molecule has 0 radical (unpaired) electrons. The summed E-state index contributed by atoms with van der Waals surface area (Å²) in [6.45, 7) is 5.57. The van der Waals surface area contributed by atoms with Crippen LogP contribution in [-0.4, -0.2) is 85.4 Å². The fourth-order valence-corrected chi connectivity index (χ4v) is 2.70. The monoisotopic (exact) mass is 297 g/mol. The molecule has 0 spiro atoms. The molecule has 2 aliphatic heterocycles. The van der Waals surface area contributed by atoms with Crippen molar-refractivity contribution >= 4 is 17.8 Å². The molecule has 0 atom stereocenters. The third kappa shape index (κ3) is 4.50. The lowest BCUT2D eigenvalue weighted by Gasteiger charge is -2.35. The highest BCUT2D eigenvalue weighted by molar-refractivity contribution is 6.01. The fourth-order valence-electron chi connectivity index (χ4n) is 2.70. The minimum Gasteiger partial charge on any atom is -0.469 e. The van der Waals surface area contributed by atoms with E-state index in [-0.39, 0.29) is 17.8 Å². The lowest BCUT2D eigenvalue weighted by molar-refractivity contribution is -0.141. The Morgan fingerprint density at radius 1 is 0.952 bits per heavy atom. The second-order valence-corrected chi connectivity index (χ2v) is 5.45. The van der Waals surface area contributed by atoms with E-state index in [1.54, 1.807) is 0 Å². The SMILES string of the molecule is COC(=O)CCN1CCN(CCN2C(=O)CCC2=O)CC1. The topological polar surface area (TPSA) is 70.2 Å². The lowest BCUT2D eigenvalue weighted by Crippen LogP contribution is -2.49. The molecule has 0 N–H and O–H groups in total. The van der Waals surface area contributed by atoms with Gasteiger partial charge in [0.15, 0.2) is 0 Å². The highest BCUT2D eigenvalue weighted by Crippen LogP contribution is 2.11. The van der Waals surface area contributed by atoms with E-state index in [1.807, 2.05) is 0 Å². The molecule has 0 bridgehead atoms. The van der Waals surface area contributed by atoms with Gasteiger partial charge in [-0.15, -0.1) is 0 Å². The van der Waals surface area contributed by atoms with E-state index < -0.39 is 0 Å². The van der Waals surface area contributed by atoms with Gasteiger partial charge < -0.3 is 9.64 Å². The van der Waals surface area contributed by atoms with Gasteiger partial charge in [0, 0.05) is 58.7 Å². The van der Waals surface area contributed by atoms with Crippen LogP contribution in [0.4, 0.5) is 0 Å². The average Bonchev–Trinajstić information content (AvgIpc) is 2.82. The van der Waals surface area contributed by atoms with Gasteiger partial charge in [0.2, 0.25) is 11.8 Å². The Labute approximate surface area is 124 Å². The minimum atomic E-state index is -0.177. The Bertz CT molecular complexity index is 389. The smallest absolute Gasteiger partial charge is 0.306 e. The number of rotatable bonds is 6. The number of carbonyl (C=O) groups is 3. The van der Waals surface area contributed by atoms with Crippen molar-refractivity contribution in [3.63, 3.8) is 0 Å². The first-order valence-corrected chi connectivity index (χ1v) is 7.45. The van der Waals surface area contributed by atoms with E-state index in [0.717, 1.165) is 39.3 Å². The first-order valence-electron chi connectivity index (χ1n) is 7.45. The van der Waals surface area contributed by atoms with Gasteiger partial charge in [0.1, 0.15) is 0 Å². The lowest BCUT2D eigenvalue weighted by atomic mass is 10.3. The number of esters is 1. The van der Waals surface area contributed by atoms with E-state index in [2.05, 4.69) is 14.5 Å². The molecule has 118 valence electrons. The molecule has 0 aromatic rings. The standard InChI is InChI=1S/C14H23N3O4/c1-21-14(20)4-5-15-6-8-16(9-7-15)10-11-17-12(18)2-3-13(17)19/h2-11H2,1H3. The zero-order valence-electron chi connectivity index (χ0n) is 12.5. The van der Waals surface area contributed by atoms with E-state index in [0.29, 0.717) is 25.8 Å². The Kier molecular flexibility index (Phi) is 5.69. The molecule has 7 heteroatoms. The highest BCUT2D eigenvalue weighted by atomic mass is 16.5. The molecule has 2 aliphatic rings. The Hall–Kier alpha value is -1.47. The Morgan fingerprint density at radius 3 is 2.00 bits per heavy atom. The third-order valence-corrected chi connectivity index (χ3v) is 4.12. The van der Waals surface area contributed by atoms with Crippen molar-refractivity contribution < 1.29 is 19.1 Å². The molecule has 2 amide bonds. The van der Waals surface area contributed by atoms with E-state index in [4.69, 9.17) is 0 Å². The number of hydrogen-bond donors (Lipinski definition) is 0. The molecule has 0 aromatic heterocycles. The number of nitrogens with zero attached hydrogens (tertiary/aromatic N) is 3. The summed E-state index contributed by atoms with van der Waals surface area (Å²) in [4.78, 5) is 40.0. The van der Waals surface area contributed by atoms with Crippen molar-refractivity contribution in [3.05, 3.63) is 0 Å². The van der Waals surface area contributed by atoms with Crippen LogP contribution < -0.4 is 0 Å². The van der Waals surface area contributed by atoms with Crippen molar-refractivity contribution in [1.29, 1.82) is 0 Å². The van der Waals surface area contributed by atoms with Crippen LogP contribution in [0.1, 0.15) is 19.3 Å². The average molecular weight is 297 g/mol. The number of hydrogen-bond acceptors (Lipinski definition) is 6. The van der Waals surface area contributed by atoms with Gasteiger partial charge in [-0.2, -0.15) is 0 Å². The Morgan fingerprint density at radius 2 is 1.48 bits per heavy atom. The molecule has 0 unspecified atom stereocenters. The zero-order valence-corrected chi connectivity index (χ0v) is 12.5. The molecule has 7 nitrogen and oxygen atoms in total. The van der Waals surface area contributed by atoms with Crippen molar-refractivity contribution in [2.24, 2.45) is 0 Å². The number of carbonyl (C=O) groups excluding carboxylic acids is 3. The largest absolute Gasteiger partial charge is 0.469 e. The highest BCUT2D eigenvalue weighted by Gasteiger charge is 2.29. The molecular weight excluding hydrogens is 274 g/mol. The van der Waals surface area contributed by atoms with Crippen LogP contribution in [0.25, 0.3) is 0 Å². The number of ether oxygens (including phenoxy) is 1. The van der Waals surface area contributed by atoms with Crippen molar-refractivity contribution in [2.45, 2.75) is 19.3 Å². The summed E-state index contributed by atoms with van der Waals surface area (Å²) >= 11 is 0. The molecule has 2 heterocycles. The molecule has 0 saturated carbocycles. The van der Waals surface area contributed by atoms with Gasteiger partial charge in [-0.1, -0.05) is 0 Å². The predicted molar refractivity (Wildman–Crippen MR) is 75.5 cm³/mol. The summed E-state index contributed by atoms with van der Waals surface area (Å²) in [7, 11) is 1.40. The zero-order chi connectivity index (χ0) is 15.2. The molecule has 2 saturated heterocycles. The van der Waals surface area contributed by atoms with Crippen LogP contribution in [0.3, 0.4) is 0 Å². The van der Waals surface area contributed by atoms with Gasteiger partial charge in [0.25, 0.3) is 0 Å². The summed E-state index contributed by atoms with van der Waals surface area (Å²) in [5.74, 6) is -0.267.